The minimum absolute atomic E-state index is 0.0437. The Morgan fingerprint density at radius 2 is 1.75 bits per heavy atom. The van der Waals surface area contributed by atoms with Crippen molar-refractivity contribution in [3.05, 3.63) is 53.9 Å². The van der Waals surface area contributed by atoms with E-state index in [0.717, 1.165) is 56.2 Å². The summed E-state index contributed by atoms with van der Waals surface area (Å²) in [6.07, 6.45) is 18.4. The van der Waals surface area contributed by atoms with E-state index in [4.69, 9.17) is 14.5 Å². The minimum atomic E-state index is -1.45. The second-order valence-corrected chi connectivity index (χ2v) is 15.4. The highest BCUT2D eigenvalue weighted by atomic mass is 16.6. The van der Waals surface area contributed by atoms with Crippen LogP contribution in [-0.4, -0.2) is 111 Å². The number of carbonyl (C=O) groups excluding carboxylic acids is 2. The fourth-order valence-corrected chi connectivity index (χ4v) is 7.78. The van der Waals surface area contributed by atoms with Crippen molar-refractivity contribution >= 4 is 18.0 Å². The van der Waals surface area contributed by atoms with Crippen LogP contribution in [-0.2, 0) is 14.3 Å². The number of ether oxygens (including phenoxy) is 2. The molecule has 0 radical (unpaired) electrons. The van der Waals surface area contributed by atoms with E-state index in [2.05, 4.69) is 27.8 Å². The summed E-state index contributed by atoms with van der Waals surface area (Å²) in [6, 6.07) is 2.53. The van der Waals surface area contributed by atoms with E-state index in [1.165, 1.54) is 38.5 Å². The van der Waals surface area contributed by atoms with E-state index in [1.54, 1.807) is 17.9 Å². The summed E-state index contributed by atoms with van der Waals surface area (Å²) in [5.74, 6) is 0.00897. The van der Waals surface area contributed by atoms with E-state index < -0.39 is 36.0 Å². The lowest BCUT2D eigenvalue weighted by molar-refractivity contribution is -0.151. The Balaban J connectivity index is 1.26. The predicted octanol–water partition coefficient (Wildman–Crippen LogP) is 5.93. The normalized spacial score (nSPS) is 31.0. The van der Waals surface area contributed by atoms with Gasteiger partial charge in [0.25, 0.3) is 0 Å². The van der Waals surface area contributed by atoms with E-state index in [-0.39, 0.29) is 31.1 Å². The second kappa shape index (κ2) is 18.5. The molecular weight excluding hydrogens is 646 g/mol. The number of hydrogen-bond acceptors (Lipinski definition) is 10. The Bertz CT molecular complexity index is 1370. The molecule has 1 saturated carbocycles. The third kappa shape index (κ3) is 11.1. The molecule has 1 unspecified atom stereocenters. The zero-order valence-electron chi connectivity index (χ0n) is 31.3. The van der Waals surface area contributed by atoms with Gasteiger partial charge in [-0.15, -0.1) is 0 Å². The largest absolute Gasteiger partial charge is 0.457 e. The van der Waals surface area contributed by atoms with Crippen molar-refractivity contribution in [3.63, 3.8) is 0 Å². The topological polar surface area (TPSA) is 129 Å². The molecule has 11 nitrogen and oxygen atoms in total. The Morgan fingerprint density at radius 3 is 2.45 bits per heavy atom. The molecule has 4 aliphatic rings. The molecular formula is C40H61N5O6. The first-order chi connectivity index (χ1) is 24.5. The number of allylic oxidation sites excluding steroid dienone is 3. The highest BCUT2D eigenvalue weighted by Crippen LogP contribution is 2.29. The van der Waals surface area contributed by atoms with Gasteiger partial charge in [0.15, 0.2) is 6.10 Å². The lowest BCUT2D eigenvalue weighted by atomic mass is 9.88. The zero-order chi connectivity index (χ0) is 36.4. The van der Waals surface area contributed by atoms with E-state index in [0.29, 0.717) is 19.1 Å². The Kier molecular flexibility index (Phi) is 14.1. The molecule has 5 rings (SSSR count). The molecule has 4 heterocycles. The molecule has 1 amide bonds. The average Bonchev–Trinajstić information content (AvgIpc) is 3.53. The molecule has 282 valence electrons. The fourth-order valence-electron chi connectivity index (χ4n) is 7.78. The molecule has 2 saturated heterocycles. The van der Waals surface area contributed by atoms with Crippen LogP contribution in [0.5, 0.6) is 0 Å². The molecule has 1 aromatic heterocycles. The third-order valence-electron chi connectivity index (χ3n) is 11.2. The number of anilines is 1. The number of amides is 1. The number of cyclic esters (lactones) is 1. The maximum Gasteiger partial charge on any atom is 0.410 e. The van der Waals surface area contributed by atoms with Gasteiger partial charge in [-0.3, -0.25) is 9.69 Å². The third-order valence-corrected chi connectivity index (χ3v) is 11.2. The maximum absolute atomic E-state index is 13.5. The van der Waals surface area contributed by atoms with Crippen LogP contribution < -0.4 is 4.90 Å². The van der Waals surface area contributed by atoms with Crippen LogP contribution in [0.3, 0.4) is 0 Å². The molecule has 1 aromatic rings. The van der Waals surface area contributed by atoms with Crippen molar-refractivity contribution in [2.75, 3.05) is 44.2 Å². The number of nitrogens with zero attached hydrogens (tertiary/aromatic N) is 5. The summed E-state index contributed by atoms with van der Waals surface area (Å²) in [5, 5.41) is 22.3. The number of aromatic nitrogens is 2. The molecule has 0 bridgehead atoms. The van der Waals surface area contributed by atoms with Gasteiger partial charge in [0.2, 0.25) is 5.95 Å². The molecule has 3 aliphatic heterocycles. The quantitative estimate of drug-likeness (QED) is 0.152. The van der Waals surface area contributed by atoms with Gasteiger partial charge in [-0.1, -0.05) is 63.8 Å². The minimum Gasteiger partial charge on any atom is -0.457 e. The van der Waals surface area contributed by atoms with Gasteiger partial charge in [-0.05, 0) is 70.1 Å². The van der Waals surface area contributed by atoms with Crippen molar-refractivity contribution in [3.8, 4) is 0 Å². The van der Waals surface area contributed by atoms with Gasteiger partial charge in [0.1, 0.15) is 11.7 Å². The van der Waals surface area contributed by atoms with Crippen LogP contribution in [0.25, 0.3) is 0 Å². The predicted molar refractivity (Wildman–Crippen MR) is 198 cm³/mol. The molecule has 3 fully saturated rings. The van der Waals surface area contributed by atoms with Crippen molar-refractivity contribution in [1.29, 1.82) is 0 Å². The smallest absolute Gasteiger partial charge is 0.410 e. The number of aliphatic hydroxyl groups is 2. The first-order valence-corrected chi connectivity index (χ1v) is 19.4. The molecule has 6 atom stereocenters. The maximum atomic E-state index is 13.5. The molecule has 0 spiro atoms. The summed E-state index contributed by atoms with van der Waals surface area (Å²) < 4.78 is 12.0. The van der Waals surface area contributed by atoms with Gasteiger partial charge in [0, 0.05) is 63.3 Å². The first-order valence-electron chi connectivity index (χ1n) is 19.4. The molecule has 2 N–H and O–H groups in total. The SMILES string of the molecule is C/C(=C\C=C\C(C)c1ccnc(N2CCCC2)n1)[C@H]1OC(=O)C[C@@H](O)CC[C@](C)(O)[C@@H](OC(=O)N2CCN(C3CCCCCC3)CC2)/C=C\[C@@H]1C. The van der Waals surface area contributed by atoms with Crippen molar-refractivity contribution in [1.82, 2.24) is 19.8 Å². The highest BCUT2D eigenvalue weighted by molar-refractivity contribution is 5.70. The Hall–Kier alpha value is -3.28. The zero-order valence-corrected chi connectivity index (χ0v) is 31.3. The first kappa shape index (κ1) is 38.9. The number of carbonyl (C=O) groups is 2. The summed E-state index contributed by atoms with van der Waals surface area (Å²) >= 11 is 0. The van der Waals surface area contributed by atoms with Crippen LogP contribution in [0, 0.1) is 5.92 Å². The van der Waals surface area contributed by atoms with E-state index >= 15 is 0 Å². The Labute approximate surface area is 304 Å². The lowest BCUT2D eigenvalue weighted by Gasteiger charge is -2.40. The van der Waals surface area contributed by atoms with Crippen LogP contribution in [0.1, 0.15) is 110 Å². The summed E-state index contributed by atoms with van der Waals surface area (Å²) in [6.45, 7) is 12.4. The van der Waals surface area contributed by atoms with Crippen molar-refractivity contribution in [2.24, 2.45) is 5.92 Å². The second-order valence-electron chi connectivity index (χ2n) is 15.4. The molecule has 11 heteroatoms. The Morgan fingerprint density at radius 1 is 1.04 bits per heavy atom. The van der Waals surface area contributed by atoms with Crippen LogP contribution in [0.15, 0.2) is 48.2 Å². The highest BCUT2D eigenvalue weighted by Gasteiger charge is 2.37. The monoisotopic (exact) mass is 707 g/mol. The van der Waals surface area contributed by atoms with Crippen LogP contribution in [0.4, 0.5) is 10.7 Å². The van der Waals surface area contributed by atoms with Crippen molar-refractivity contribution in [2.45, 2.75) is 134 Å². The number of aliphatic hydroxyl groups excluding tert-OH is 1. The summed E-state index contributed by atoms with van der Waals surface area (Å²) in [7, 11) is 0. The standard InChI is InChI=1S/C40H61N5O6/c1-29(34-19-21-41-38(42-34)44-22-9-10-23-44)12-11-13-30(2)37-31(3)16-17-35(40(4,49)20-18-33(46)28-36(47)51-37)50-39(48)45-26-24-43(25-27-45)32-14-7-5-6-8-15-32/h11-13,16-17,19,21,29,31-33,35,37,46,49H,5-10,14-15,18,20,22-28H2,1-4H3/b12-11+,17-16-,30-13+/t29?,31-,33-,35-,37+,40-/m0/s1. The van der Waals surface area contributed by atoms with Gasteiger partial charge < -0.3 is 29.5 Å². The van der Waals surface area contributed by atoms with Crippen molar-refractivity contribution < 1.29 is 29.3 Å². The fraction of sp³-hybridized carbons (Fsp3) is 0.700. The van der Waals surface area contributed by atoms with E-state index in [9.17, 15) is 19.8 Å². The molecule has 51 heavy (non-hydrogen) atoms. The molecule has 1 aliphatic carbocycles. The summed E-state index contributed by atoms with van der Waals surface area (Å²) in [5.41, 5.74) is 0.307. The number of piperazine rings is 1. The number of rotatable bonds is 7. The van der Waals surface area contributed by atoms with Gasteiger partial charge in [0.05, 0.1) is 18.2 Å². The van der Waals surface area contributed by atoms with Crippen LogP contribution in [0.2, 0.25) is 0 Å². The number of hydrogen-bond donors (Lipinski definition) is 2. The average molecular weight is 708 g/mol. The lowest BCUT2D eigenvalue weighted by Crippen LogP contribution is -2.53. The van der Waals surface area contributed by atoms with Gasteiger partial charge in [-0.25, -0.2) is 14.8 Å². The number of esters is 1. The van der Waals surface area contributed by atoms with E-state index in [1.807, 2.05) is 44.3 Å². The van der Waals surface area contributed by atoms with Gasteiger partial charge in [-0.2, -0.15) is 0 Å². The van der Waals surface area contributed by atoms with Gasteiger partial charge >= 0.3 is 12.1 Å². The van der Waals surface area contributed by atoms with Crippen LogP contribution >= 0.6 is 0 Å². The summed E-state index contributed by atoms with van der Waals surface area (Å²) in [4.78, 5) is 42.2. The molecule has 0 aromatic carbocycles.